The molecule has 2 atom stereocenters. The standard InChI is InChI=1S/C18H20O5/c1-13(19)11-22-17-10-6-5-9-15(17)18(21)23-12-16(20)14-7-3-2-4-8-14/h2-10,13,16,19-20H,11-12H2,1H3. The van der Waals surface area contributed by atoms with Crippen molar-refractivity contribution in [2.24, 2.45) is 0 Å². The van der Waals surface area contributed by atoms with E-state index >= 15 is 0 Å². The third kappa shape index (κ3) is 5.09. The lowest BCUT2D eigenvalue weighted by atomic mass is 10.1. The molecule has 2 aromatic carbocycles. The molecule has 0 heterocycles. The van der Waals surface area contributed by atoms with Crippen LogP contribution in [-0.4, -0.2) is 35.5 Å². The van der Waals surface area contributed by atoms with Crippen molar-refractivity contribution in [2.75, 3.05) is 13.2 Å². The van der Waals surface area contributed by atoms with Gasteiger partial charge in [-0.05, 0) is 24.6 Å². The summed E-state index contributed by atoms with van der Waals surface area (Å²) in [7, 11) is 0. The summed E-state index contributed by atoms with van der Waals surface area (Å²) in [5.41, 5.74) is 0.937. The Labute approximate surface area is 135 Å². The highest BCUT2D eigenvalue weighted by molar-refractivity contribution is 5.92. The largest absolute Gasteiger partial charge is 0.490 e. The molecule has 23 heavy (non-hydrogen) atoms. The molecule has 2 unspecified atom stereocenters. The molecule has 5 nitrogen and oxygen atoms in total. The number of esters is 1. The quantitative estimate of drug-likeness (QED) is 0.767. The summed E-state index contributed by atoms with van der Waals surface area (Å²) in [6, 6.07) is 15.6. The van der Waals surface area contributed by atoms with Crippen LogP contribution in [0.4, 0.5) is 0 Å². The van der Waals surface area contributed by atoms with Gasteiger partial charge in [0.15, 0.2) is 0 Å². The fourth-order valence-electron chi connectivity index (χ4n) is 1.98. The van der Waals surface area contributed by atoms with E-state index in [1.54, 1.807) is 55.5 Å². The van der Waals surface area contributed by atoms with Crippen molar-refractivity contribution in [2.45, 2.75) is 19.1 Å². The highest BCUT2D eigenvalue weighted by atomic mass is 16.5. The fourth-order valence-corrected chi connectivity index (χ4v) is 1.98. The van der Waals surface area contributed by atoms with Crippen molar-refractivity contribution in [1.82, 2.24) is 0 Å². The molecule has 0 spiro atoms. The number of benzene rings is 2. The minimum Gasteiger partial charge on any atom is -0.490 e. The van der Waals surface area contributed by atoms with E-state index in [1.165, 1.54) is 0 Å². The first-order valence-electron chi connectivity index (χ1n) is 7.38. The van der Waals surface area contributed by atoms with Crippen LogP contribution in [0, 0.1) is 0 Å². The van der Waals surface area contributed by atoms with Crippen molar-refractivity contribution in [3.63, 3.8) is 0 Å². The second-order valence-corrected chi connectivity index (χ2v) is 5.18. The zero-order valence-electron chi connectivity index (χ0n) is 12.9. The summed E-state index contributed by atoms with van der Waals surface area (Å²) < 4.78 is 10.6. The molecular formula is C18H20O5. The number of ether oxygens (including phenoxy) is 2. The van der Waals surface area contributed by atoms with E-state index in [1.807, 2.05) is 6.07 Å². The molecule has 0 aromatic heterocycles. The normalized spacial score (nSPS) is 13.2. The Kier molecular flexibility index (Phi) is 6.14. The van der Waals surface area contributed by atoms with Crippen molar-refractivity contribution >= 4 is 5.97 Å². The summed E-state index contributed by atoms with van der Waals surface area (Å²) in [5, 5.41) is 19.3. The molecule has 0 aliphatic heterocycles. The first kappa shape index (κ1) is 17.0. The van der Waals surface area contributed by atoms with Crippen molar-refractivity contribution in [1.29, 1.82) is 0 Å². The zero-order chi connectivity index (χ0) is 16.7. The number of rotatable bonds is 7. The SMILES string of the molecule is CC(O)COc1ccccc1C(=O)OCC(O)c1ccccc1. The Morgan fingerprint density at radius 1 is 1.00 bits per heavy atom. The van der Waals surface area contributed by atoms with E-state index in [-0.39, 0.29) is 18.8 Å². The van der Waals surface area contributed by atoms with E-state index in [2.05, 4.69) is 0 Å². The number of aliphatic hydroxyl groups excluding tert-OH is 2. The second kappa shape index (κ2) is 8.31. The van der Waals surface area contributed by atoms with Crippen LogP contribution >= 0.6 is 0 Å². The van der Waals surface area contributed by atoms with Crippen molar-refractivity contribution < 1.29 is 24.5 Å². The third-order valence-corrected chi connectivity index (χ3v) is 3.14. The van der Waals surface area contributed by atoms with Crippen LogP contribution in [0.25, 0.3) is 0 Å². The summed E-state index contributed by atoms with van der Waals surface area (Å²) in [6.07, 6.45) is -1.52. The summed E-state index contributed by atoms with van der Waals surface area (Å²) in [4.78, 5) is 12.2. The molecule has 0 bridgehead atoms. The lowest BCUT2D eigenvalue weighted by Crippen LogP contribution is -2.16. The number of para-hydroxylation sites is 1. The first-order valence-corrected chi connectivity index (χ1v) is 7.38. The van der Waals surface area contributed by atoms with Crippen LogP contribution in [0.5, 0.6) is 5.75 Å². The number of carbonyl (C=O) groups excluding carboxylic acids is 1. The minimum atomic E-state index is -0.884. The number of hydrogen-bond acceptors (Lipinski definition) is 5. The van der Waals surface area contributed by atoms with Crippen LogP contribution in [0.1, 0.15) is 28.9 Å². The average Bonchev–Trinajstić information content (AvgIpc) is 2.58. The predicted octanol–water partition coefficient (Wildman–Crippen LogP) is 2.34. The highest BCUT2D eigenvalue weighted by Gasteiger charge is 2.16. The fraction of sp³-hybridized carbons (Fsp3) is 0.278. The molecule has 2 rings (SSSR count). The van der Waals surface area contributed by atoms with Gasteiger partial charge in [0.1, 0.15) is 30.6 Å². The van der Waals surface area contributed by atoms with Gasteiger partial charge in [0.25, 0.3) is 0 Å². The van der Waals surface area contributed by atoms with Gasteiger partial charge in [-0.3, -0.25) is 0 Å². The number of carbonyl (C=O) groups is 1. The van der Waals surface area contributed by atoms with E-state index < -0.39 is 18.2 Å². The van der Waals surface area contributed by atoms with Gasteiger partial charge in [-0.2, -0.15) is 0 Å². The highest BCUT2D eigenvalue weighted by Crippen LogP contribution is 2.20. The number of hydrogen-bond donors (Lipinski definition) is 2. The van der Waals surface area contributed by atoms with Crippen molar-refractivity contribution in [3.8, 4) is 5.75 Å². The maximum Gasteiger partial charge on any atom is 0.342 e. The molecule has 5 heteroatoms. The molecule has 2 N–H and O–H groups in total. The summed E-state index contributed by atoms with van der Waals surface area (Å²) >= 11 is 0. The monoisotopic (exact) mass is 316 g/mol. The molecule has 0 fully saturated rings. The van der Waals surface area contributed by atoms with Crippen molar-refractivity contribution in [3.05, 3.63) is 65.7 Å². The van der Waals surface area contributed by atoms with Gasteiger partial charge in [-0.1, -0.05) is 42.5 Å². The van der Waals surface area contributed by atoms with E-state index in [0.29, 0.717) is 11.3 Å². The second-order valence-electron chi connectivity index (χ2n) is 5.18. The first-order chi connectivity index (χ1) is 11.1. The van der Waals surface area contributed by atoms with Gasteiger partial charge in [0, 0.05) is 0 Å². The summed E-state index contributed by atoms with van der Waals surface area (Å²) in [5.74, 6) is -0.242. The van der Waals surface area contributed by atoms with E-state index in [9.17, 15) is 15.0 Å². The Balaban J connectivity index is 1.98. The number of aliphatic hydroxyl groups is 2. The van der Waals surface area contributed by atoms with Crippen LogP contribution < -0.4 is 4.74 Å². The molecule has 0 aliphatic carbocycles. The molecule has 0 amide bonds. The average molecular weight is 316 g/mol. The van der Waals surface area contributed by atoms with E-state index in [4.69, 9.17) is 9.47 Å². The molecular weight excluding hydrogens is 296 g/mol. The molecule has 0 saturated heterocycles. The maximum atomic E-state index is 12.2. The third-order valence-electron chi connectivity index (χ3n) is 3.14. The van der Waals surface area contributed by atoms with Gasteiger partial charge >= 0.3 is 5.97 Å². The maximum absolute atomic E-state index is 12.2. The van der Waals surface area contributed by atoms with Crippen LogP contribution in [-0.2, 0) is 4.74 Å². The summed E-state index contributed by atoms with van der Waals surface area (Å²) in [6.45, 7) is 1.53. The predicted molar refractivity (Wildman–Crippen MR) is 85.3 cm³/mol. The minimum absolute atomic E-state index is 0.0803. The molecule has 2 aromatic rings. The van der Waals surface area contributed by atoms with Gasteiger partial charge in [-0.15, -0.1) is 0 Å². The van der Waals surface area contributed by atoms with Gasteiger partial charge in [0.2, 0.25) is 0 Å². The Hall–Kier alpha value is -2.37. The van der Waals surface area contributed by atoms with Crippen LogP contribution in [0.3, 0.4) is 0 Å². The van der Waals surface area contributed by atoms with Crippen LogP contribution in [0.15, 0.2) is 54.6 Å². The topological polar surface area (TPSA) is 76.0 Å². The van der Waals surface area contributed by atoms with E-state index in [0.717, 1.165) is 0 Å². The Morgan fingerprint density at radius 3 is 2.35 bits per heavy atom. The molecule has 0 radical (unpaired) electrons. The van der Waals surface area contributed by atoms with Gasteiger partial charge < -0.3 is 19.7 Å². The Bertz CT molecular complexity index is 624. The molecule has 122 valence electrons. The molecule has 0 aliphatic rings. The molecule has 0 saturated carbocycles. The lowest BCUT2D eigenvalue weighted by Gasteiger charge is -2.14. The van der Waals surface area contributed by atoms with Gasteiger partial charge in [0.05, 0.1) is 6.10 Å². The zero-order valence-corrected chi connectivity index (χ0v) is 12.9. The van der Waals surface area contributed by atoms with Crippen LogP contribution in [0.2, 0.25) is 0 Å². The van der Waals surface area contributed by atoms with Gasteiger partial charge in [-0.25, -0.2) is 4.79 Å². The smallest absolute Gasteiger partial charge is 0.342 e. The Morgan fingerprint density at radius 2 is 1.65 bits per heavy atom. The lowest BCUT2D eigenvalue weighted by molar-refractivity contribution is 0.0248.